The van der Waals surface area contributed by atoms with E-state index >= 15 is 0 Å². The summed E-state index contributed by atoms with van der Waals surface area (Å²) >= 11 is 3.40. The van der Waals surface area contributed by atoms with Crippen LogP contribution in [-0.2, 0) is 11.2 Å². The monoisotopic (exact) mass is 297 g/mol. The third-order valence-electron chi connectivity index (χ3n) is 3.15. The molecule has 1 aliphatic heterocycles. The van der Waals surface area contributed by atoms with Gasteiger partial charge in [0.15, 0.2) is 0 Å². The Kier molecular flexibility index (Phi) is 4.18. The van der Waals surface area contributed by atoms with Crippen LogP contribution in [0.2, 0.25) is 0 Å². The molecule has 2 rings (SSSR count). The van der Waals surface area contributed by atoms with E-state index in [4.69, 9.17) is 0 Å². The topological polar surface area (TPSA) is 40.5 Å². The maximum Gasteiger partial charge on any atom is 0.227 e. The molecule has 1 aromatic carbocycles. The number of hydrogen-bond acceptors (Lipinski definition) is 2. The first kappa shape index (κ1) is 12.6. The van der Waals surface area contributed by atoms with Crippen LogP contribution in [0.3, 0.4) is 0 Å². The van der Waals surface area contributed by atoms with Gasteiger partial charge >= 0.3 is 0 Å². The van der Waals surface area contributed by atoms with Gasteiger partial charge in [0.1, 0.15) is 0 Å². The van der Waals surface area contributed by atoms with Gasteiger partial charge in [0.25, 0.3) is 0 Å². The lowest BCUT2D eigenvalue weighted by atomic mass is 10.1. The second-order valence-electron chi connectivity index (χ2n) is 4.37. The number of carbonyl (C=O) groups excluding carboxylic acids is 1. The molecule has 1 atom stereocenters. The maximum atomic E-state index is 12.1. The molecule has 4 heteroatoms. The highest BCUT2D eigenvalue weighted by atomic mass is 79.9. The summed E-state index contributed by atoms with van der Waals surface area (Å²) in [6, 6.07) is 7.81. The van der Waals surface area contributed by atoms with Crippen molar-refractivity contribution in [1.29, 1.82) is 0 Å². The molecule has 0 spiro atoms. The van der Waals surface area contributed by atoms with Gasteiger partial charge in [-0.2, -0.15) is 0 Å². The Bertz CT molecular complexity index is 408. The summed E-state index contributed by atoms with van der Waals surface area (Å²) in [7, 11) is 0. The van der Waals surface area contributed by atoms with E-state index in [9.17, 15) is 9.90 Å². The number of halogens is 1. The Morgan fingerprint density at radius 3 is 3.06 bits per heavy atom. The Labute approximate surface area is 110 Å². The number of rotatable bonds is 3. The predicted molar refractivity (Wildman–Crippen MR) is 69.7 cm³/mol. The van der Waals surface area contributed by atoms with E-state index in [0.717, 1.165) is 29.4 Å². The van der Waals surface area contributed by atoms with E-state index in [1.54, 1.807) is 4.90 Å². The minimum atomic E-state index is 0.0228. The zero-order valence-electron chi connectivity index (χ0n) is 9.60. The van der Waals surface area contributed by atoms with Crippen LogP contribution >= 0.6 is 15.9 Å². The number of aliphatic hydroxyl groups excluding tert-OH is 1. The van der Waals surface area contributed by atoms with Gasteiger partial charge in [-0.15, -0.1) is 0 Å². The summed E-state index contributed by atoms with van der Waals surface area (Å²) in [5, 5.41) is 9.19. The van der Waals surface area contributed by atoms with Crippen molar-refractivity contribution in [2.45, 2.75) is 25.3 Å². The number of carbonyl (C=O) groups is 1. The molecule has 1 aliphatic rings. The van der Waals surface area contributed by atoms with Gasteiger partial charge in [0, 0.05) is 11.0 Å². The number of nitrogens with zero attached hydrogens (tertiary/aromatic N) is 1. The van der Waals surface area contributed by atoms with Gasteiger partial charge in [-0.1, -0.05) is 28.1 Å². The first-order valence-electron chi connectivity index (χ1n) is 5.85. The summed E-state index contributed by atoms with van der Waals surface area (Å²) in [4.78, 5) is 13.9. The molecule has 1 N–H and O–H groups in total. The summed E-state index contributed by atoms with van der Waals surface area (Å²) in [6.07, 6.45) is 2.33. The molecule has 0 aromatic heterocycles. The number of hydrogen-bond donors (Lipinski definition) is 1. The molecule has 1 unspecified atom stereocenters. The molecule has 3 nitrogen and oxygen atoms in total. The second kappa shape index (κ2) is 5.65. The van der Waals surface area contributed by atoms with Gasteiger partial charge in [-0.3, -0.25) is 4.79 Å². The fraction of sp³-hybridized carbons (Fsp3) is 0.462. The summed E-state index contributed by atoms with van der Waals surface area (Å²) in [5.74, 6) is 0.111. The van der Waals surface area contributed by atoms with Gasteiger partial charge in [-0.05, 0) is 30.5 Å². The maximum absolute atomic E-state index is 12.1. The normalized spacial score (nSPS) is 19.6. The molecule has 1 aromatic rings. The molecule has 1 fully saturated rings. The minimum Gasteiger partial charge on any atom is -0.394 e. The van der Waals surface area contributed by atoms with E-state index in [2.05, 4.69) is 15.9 Å². The molecule has 0 bridgehead atoms. The molecule has 1 amide bonds. The highest BCUT2D eigenvalue weighted by Gasteiger charge is 2.27. The first-order valence-corrected chi connectivity index (χ1v) is 6.65. The fourth-order valence-corrected chi connectivity index (χ4v) is 2.72. The van der Waals surface area contributed by atoms with E-state index < -0.39 is 0 Å². The largest absolute Gasteiger partial charge is 0.394 e. The highest BCUT2D eigenvalue weighted by Crippen LogP contribution is 2.19. The van der Waals surface area contributed by atoms with Crippen LogP contribution in [0, 0.1) is 0 Å². The number of likely N-dealkylation sites (tertiary alicyclic amines) is 1. The van der Waals surface area contributed by atoms with Crippen LogP contribution in [0.1, 0.15) is 18.4 Å². The lowest BCUT2D eigenvalue weighted by Crippen LogP contribution is -2.38. The molecule has 0 radical (unpaired) electrons. The molecule has 1 heterocycles. The van der Waals surface area contributed by atoms with E-state index in [0.29, 0.717) is 6.42 Å². The van der Waals surface area contributed by atoms with E-state index in [1.165, 1.54) is 0 Å². The van der Waals surface area contributed by atoms with Crippen molar-refractivity contribution in [3.8, 4) is 0 Å². The number of aliphatic hydroxyl groups is 1. The second-order valence-corrected chi connectivity index (χ2v) is 5.29. The molecule has 1 saturated heterocycles. The lowest BCUT2D eigenvalue weighted by Gasteiger charge is -2.23. The van der Waals surface area contributed by atoms with Crippen LogP contribution in [0.5, 0.6) is 0 Å². The minimum absolute atomic E-state index is 0.0228. The molecular formula is C13H16BrNO2. The zero-order valence-corrected chi connectivity index (χ0v) is 11.2. The molecule has 17 heavy (non-hydrogen) atoms. The zero-order chi connectivity index (χ0) is 12.3. The summed E-state index contributed by atoms with van der Waals surface area (Å²) < 4.78 is 0.989. The van der Waals surface area contributed by atoms with Crippen molar-refractivity contribution in [1.82, 2.24) is 4.90 Å². The van der Waals surface area contributed by atoms with Crippen LogP contribution in [0.4, 0.5) is 0 Å². The third kappa shape index (κ3) is 3.07. The Morgan fingerprint density at radius 1 is 1.53 bits per heavy atom. The number of benzene rings is 1. The summed E-state index contributed by atoms with van der Waals surface area (Å²) in [6.45, 7) is 0.849. The Balaban J connectivity index is 2.01. The van der Waals surface area contributed by atoms with Crippen molar-refractivity contribution in [2.75, 3.05) is 13.2 Å². The number of amides is 1. The molecule has 0 aliphatic carbocycles. The van der Waals surface area contributed by atoms with Gasteiger partial charge in [0.05, 0.1) is 19.1 Å². The molecule has 0 saturated carbocycles. The van der Waals surface area contributed by atoms with Crippen molar-refractivity contribution in [2.24, 2.45) is 0 Å². The Hall–Kier alpha value is -0.870. The predicted octanol–water partition coefficient (Wildman–Crippen LogP) is 1.97. The fourth-order valence-electron chi connectivity index (χ4n) is 2.28. The van der Waals surface area contributed by atoms with Gasteiger partial charge in [0.2, 0.25) is 5.91 Å². The van der Waals surface area contributed by atoms with Crippen LogP contribution in [0.25, 0.3) is 0 Å². The molecular weight excluding hydrogens is 282 g/mol. The van der Waals surface area contributed by atoms with Gasteiger partial charge in [-0.25, -0.2) is 0 Å². The van der Waals surface area contributed by atoms with E-state index in [1.807, 2.05) is 24.3 Å². The van der Waals surface area contributed by atoms with Crippen molar-refractivity contribution >= 4 is 21.8 Å². The van der Waals surface area contributed by atoms with E-state index in [-0.39, 0.29) is 18.6 Å². The standard InChI is InChI=1S/C13H16BrNO2/c14-11-4-1-3-10(7-11)8-13(17)15-6-2-5-12(15)9-16/h1,3-4,7,12,16H,2,5-6,8-9H2. The Morgan fingerprint density at radius 2 is 2.35 bits per heavy atom. The van der Waals surface area contributed by atoms with Crippen molar-refractivity contribution < 1.29 is 9.90 Å². The third-order valence-corrected chi connectivity index (χ3v) is 3.65. The lowest BCUT2D eigenvalue weighted by molar-refractivity contribution is -0.131. The van der Waals surface area contributed by atoms with Gasteiger partial charge < -0.3 is 10.0 Å². The highest BCUT2D eigenvalue weighted by molar-refractivity contribution is 9.10. The quantitative estimate of drug-likeness (QED) is 0.927. The summed E-state index contributed by atoms with van der Waals surface area (Å²) in [5.41, 5.74) is 1.01. The first-order chi connectivity index (χ1) is 8.20. The average Bonchev–Trinajstić information content (AvgIpc) is 2.77. The average molecular weight is 298 g/mol. The van der Waals surface area contributed by atoms with Crippen molar-refractivity contribution in [3.05, 3.63) is 34.3 Å². The smallest absolute Gasteiger partial charge is 0.227 e. The van der Waals surface area contributed by atoms with Crippen LogP contribution in [-0.4, -0.2) is 35.1 Å². The SMILES string of the molecule is O=C(Cc1cccc(Br)c1)N1CCCC1CO. The van der Waals surface area contributed by atoms with Crippen LogP contribution in [0.15, 0.2) is 28.7 Å². The molecule has 92 valence electrons. The van der Waals surface area contributed by atoms with Crippen LogP contribution < -0.4 is 0 Å². The van der Waals surface area contributed by atoms with Crippen molar-refractivity contribution in [3.63, 3.8) is 0 Å².